The predicted octanol–water partition coefficient (Wildman–Crippen LogP) is 5.31. The maximum atomic E-state index is 12.9. The van der Waals surface area contributed by atoms with Crippen LogP contribution < -0.4 is 5.48 Å². The number of piperazine rings is 1. The van der Waals surface area contributed by atoms with Crippen LogP contribution >= 0.6 is 0 Å². The highest BCUT2D eigenvalue weighted by atomic mass is 16.6. The average molecular weight is 505 g/mol. The van der Waals surface area contributed by atoms with Gasteiger partial charge in [0.15, 0.2) is 0 Å². The lowest BCUT2D eigenvalue weighted by Crippen LogP contribution is -2.55. The number of nitrogens with one attached hydrogen (secondary N) is 1. The number of fused-ring (bicyclic) bond motifs is 1. The summed E-state index contributed by atoms with van der Waals surface area (Å²) >= 11 is 0. The van der Waals surface area contributed by atoms with Crippen molar-refractivity contribution < 1.29 is 14.4 Å². The van der Waals surface area contributed by atoms with E-state index < -0.39 is 0 Å². The first-order chi connectivity index (χ1) is 18.0. The molecule has 1 N–H and O–H groups in total. The number of para-hydroxylation sites is 1. The van der Waals surface area contributed by atoms with Crippen molar-refractivity contribution >= 4 is 22.5 Å². The molecule has 1 aromatic heterocycles. The zero-order valence-electron chi connectivity index (χ0n) is 22.4. The lowest BCUT2D eigenvalue weighted by Gasteiger charge is -2.40. The van der Waals surface area contributed by atoms with Gasteiger partial charge in [-0.15, -0.1) is 0 Å². The molecular weight excluding hydrogens is 464 g/mol. The first-order valence-electron chi connectivity index (χ1n) is 13.5. The maximum absolute atomic E-state index is 12.9. The van der Waals surface area contributed by atoms with Gasteiger partial charge in [0, 0.05) is 56.0 Å². The Morgan fingerprint density at radius 1 is 1.14 bits per heavy atom. The molecule has 2 atom stereocenters. The van der Waals surface area contributed by atoms with E-state index in [0.717, 1.165) is 62.4 Å². The molecule has 2 saturated heterocycles. The number of aromatic nitrogens is 1. The lowest BCUT2D eigenvalue weighted by molar-refractivity contribution is 0.0279. The highest BCUT2D eigenvalue weighted by molar-refractivity contribution is 5.94. The van der Waals surface area contributed by atoms with Gasteiger partial charge in [-0.3, -0.25) is 25.0 Å². The van der Waals surface area contributed by atoms with Crippen LogP contribution in [0.2, 0.25) is 0 Å². The summed E-state index contributed by atoms with van der Waals surface area (Å²) in [7, 11) is 0. The molecule has 2 aliphatic heterocycles. The van der Waals surface area contributed by atoms with Gasteiger partial charge in [-0.1, -0.05) is 31.2 Å². The number of carbonyl (C=O) groups is 1. The van der Waals surface area contributed by atoms with Crippen LogP contribution in [0.4, 0.5) is 5.69 Å². The molecule has 2 fully saturated rings. The molecule has 0 bridgehead atoms. The monoisotopic (exact) mass is 504 g/mol. The van der Waals surface area contributed by atoms with E-state index in [-0.39, 0.29) is 11.9 Å². The minimum absolute atomic E-state index is 0.107. The van der Waals surface area contributed by atoms with Crippen LogP contribution in [0.5, 0.6) is 0 Å². The molecule has 3 heterocycles. The van der Waals surface area contributed by atoms with Crippen molar-refractivity contribution in [2.75, 3.05) is 44.9 Å². The number of pyridine rings is 1. The Morgan fingerprint density at radius 2 is 1.95 bits per heavy atom. The van der Waals surface area contributed by atoms with Gasteiger partial charge in [0.05, 0.1) is 23.9 Å². The van der Waals surface area contributed by atoms with Crippen molar-refractivity contribution in [3.05, 3.63) is 71.9 Å². The van der Waals surface area contributed by atoms with Gasteiger partial charge in [0.25, 0.3) is 5.91 Å². The fourth-order valence-electron chi connectivity index (χ4n) is 4.92. The van der Waals surface area contributed by atoms with E-state index in [0.29, 0.717) is 12.7 Å². The molecule has 0 radical (unpaired) electrons. The second kappa shape index (κ2) is 13.5. The number of hydrogen-bond acceptors (Lipinski definition) is 6. The van der Waals surface area contributed by atoms with Crippen LogP contribution in [0.1, 0.15) is 49.0 Å². The highest BCUT2D eigenvalue weighted by Gasteiger charge is 2.30. The van der Waals surface area contributed by atoms with Gasteiger partial charge in [0.2, 0.25) is 0 Å². The molecule has 2 unspecified atom stereocenters. The minimum atomic E-state index is 0.107. The predicted molar refractivity (Wildman–Crippen MR) is 149 cm³/mol. The Kier molecular flexibility index (Phi) is 9.88. The SMILES string of the molecule is CCCONc1ccc(C(=O)N2CCN(CC3CCCO3)CC2C)cc1.Cc1cccc2cccnc12. The summed E-state index contributed by atoms with van der Waals surface area (Å²) in [6.45, 7) is 11.4. The smallest absolute Gasteiger partial charge is 0.254 e. The Morgan fingerprint density at radius 3 is 2.65 bits per heavy atom. The second-order valence-electron chi connectivity index (χ2n) is 9.92. The summed E-state index contributed by atoms with van der Waals surface area (Å²) in [6, 6.07) is 18.0. The van der Waals surface area contributed by atoms with E-state index in [9.17, 15) is 4.79 Å². The summed E-state index contributed by atoms with van der Waals surface area (Å²) in [5, 5.41) is 1.22. The van der Waals surface area contributed by atoms with E-state index in [2.05, 4.69) is 60.4 Å². The molecule has 0 spiro atoms. The number of amides is 1. The first-order valence-corrected chi connectivity index (χ1v) is 13.5. The number of rotatable bonds is 7. The van der Waals surface area contributed by atoms with Crippen LogP contribution in [0.15, 0.2) is 60.8 Å². The van der Waals surface area contributed by atoms with Crippen molar-refractivity contribution in [3.63, 3.8) is 0 Å². The number of aryl methyl sites for hydroxylation is 1. The molecule has 5 rings (SSSR count). The summed E-state index contributed by atoms with van der Waals surface area (Å²) in [5.41, 5.74) is 6.83. The molecule has 37 heavy (non-hydrogen) atoms. The maximum Gasteiger partial charge on any atom is 0.254 e. The number of ether oxygens (including phenoxy) is 1. The van der Waals surface area contributed by atoms with Crippen LogP contribution in [0.25, 0.3) is 10.9 Å². The molecule has 7 heteroatoms. The summed E-state index contributed by atoms with van der Waals surface area (Å²) in [4.78, 5) is 26.9. The molecular formula is C30H40N4O3. The normalized spacial score (nSPS) is 19.9. The van der Waals surface area contributed by atoms with E-state index in [1.807, 2.05) is 41.4 Å². The Bertz CT molecular complexity index is 1130. The summed E-state index contributed by atoms with van der Waals surface area (Å²) in [5.74, 6) is 0.107. The Hall–Kier alpha value is -3.00. The van der Waals surface area contributed by atoms with Crippen LogP contribution in [0, 0.1) is 6.92 Å². The summed E-state index contributed by atoms with van der Waals surface area (Å²) < 4.78 is 5.74. The van der Waals surface area contributed by atoms with Gasteiger partial charge in [0.1, 0.15) is 0 Å². The third kappa shape index (κ3) is 7.51. The third-order valence-electron chi connectivity index (χ3n) is 6.92. The second-order valence-corrected chi connectivity index (χ2v) is 9.92. The molecule has 0 saturated carbocycles. The molecule has 7 nitrogen and oxygen atoms in total. The molecule has 198 valence electrons. The quantitative estimate of drug-likeness (QED) is 0.348. The molecule has 2 aromatic carbocycles. The number of benzene rings is 2. The zero-order valence-corrected chi connectivity index (χ0v) is 22.4. The Balaban J connectivity index is 0.000000241. The van der Waals surface area contributed by atoms with Crippen LogP contribution in [-0.4, -0.2) is 72.2 Å². The fourth-order valence-corrected chi connectivity index (χ4v) is 4.92. The number of anilines is 1. The number of nitrogens with zero attached hydrogens (tertiary/aromatic N) is 3. The lowest BCUT2D eigenvalue weighted by atomic mass is 10.1. The van der Waals surface area contributed by atoms with E-state index in [1.54, 1.807) is 0 Å². The number of hydrogen-bond donors (Lipinski definition) is 1. The average Bonchev–Trinajstić information content (AvgIpc) is 3.43. The molecule has 2 aliphatic rings. The summed E-state index contributed by atoms with van der Waals surface area (Å²) in [6.07, 6.45) is 5.50. The topological polar surface area (TPSA) is 66.9 Å². The van der Waals surface area contributed by atoms with Gasteiger partial charge in [-0.2, -0.15) is 0 Å². The van der Waals surface area contributed by atoms with E-state index in [1.165, 1.54) is 17.4 Å². The minimum Gasteiger partial charge on any atom is -0.377 e. The van der Waals surface area contributed by atoms with Gasteiger partial charge < -0.3 is 9.64 Å². The van der Waals surface area contributed by atoms with Gasteiger partial charge in [-0.25, -0.2) is 0 Å². The first kappa shape index (κ1) is 27.0. The van der Waals surface area contributed by atoms with Crippen molar-refractivity contribution in [2.45, 2.75) is 52.2 Å². The molecule has 3 aromatic rings. The van der Waals surface area contributed by atoms with E-state index in [4.69, 9.17) is 9.57 Å². The fraction of sp³-hybridized carbons (Fsp3) is 0.467. The molecule has 0 aliphatic carbocycles. The third-order valence-corrected chi connectivity index (χ3v) is 6.92. The zero-order chi connectivity index (χ0) is 26.0. The van der Waals surface area contributed by atoms with Gasteiger partial charge >= 0.3 is 0 Å². The number of carbonyl (C=O) groups excluding carboxylic acids is 1. The highest BCUT2D eigenvalue weighted by Crippen LogP contribution is 2.19. The van der Waals surface area contributed by atoms with Crippen molar-refractivity contribution in [1.29, 1.82) is 0 Å². The van der Waals surface area contributed by atoms with Crippen LogP contribution in [-0.2, 0) is 9.57 Å². The van der Waals surface area contributed by atoms with E-state index >= 15 is 0 Å². The Labute approximate surface area is 220 Å². The largest absolute Gasteiger partial charge is 0.377 e. The molecule has 1 amide bonds. The van der Waals surface area contributed by atoms with Crippen molar-refractivity contribution in [2.24, 2.45) is 0 Å². The van der Waals surface area contributed by atoms with Crippen LogP contribution in [0.3, 0.4) is 0 Å². The van der Waals surface area contributed by atoms with Crippen molar-refractivity contribution in [1.82, 2.24) is 14.8 Å². The van der Waals surface area contributed by atoms with Crippen molar-refractivity contribution in [3.8, 4) is 0 Å². The standard InChI is InChI=1S/C20H31N3O3.C10H9N/c1-3-12-26-21-18-8-6-17(7-9-18)20(24)23-11-10-22(14-16(23)2)15-19-5-4-13-25-19;1-8-4-2-5-9-6-3-7-11-10(8)9/h6-9,16,19,21H,3-5,10-15H2,1-2H3;2-7H,1H3. The van der Waals surface area contributed by atoms with Gasteiger partial charge in [-0.05, 0) is 69.0 Å².